The van der Waals surface area contributed by atoms with Crippen LogP contribution in [0.1, 0.15) is 13.8 Å². The van der Waals surface area contributed by atoms with Gasteiger partial charge in [0.15, 0.2) is 8.32 Å². The summed E-state index contributed by atoms with van der Waals surface area (Å²) in [6.07, 6.45) is 0.204. The summed E-state index contributed by atoms with van der Waals surface area (Å²) in [4.78, 5) is 0. The van der Waals surface area contributed by atoms with Crippen LogP contribution < -0.4 is 0 Å². The normalized spacial score (nSPS) is 30.5. The Kier molecular flexibility index (Phi) is 4.00. The molecule has 1 heterocycles. The highest BCUT2D eigenvalue weighted by molar-refractivity contribution is 6.83. The SMILES string of the molecule is C[C@H]1O[C@]1(C)C(C#C[Si](C)(C)C)O[Si](C)(C)C. The van der Waals surface area contributed by atoms with Crippen LogP contribution in [-0.2, 0) is 9.16 Å². The molecular formula is C13H26O2Si2. The highest BCUT2D eigenvalue weighted by Gasteiger charge is 2.56. The van der Waals surface area contributed by atoms with E-state index >= 15 is 0 Å². The second-order valence-electron chi connectivity index (χ2n) is 7.07. The van der Waals surface area contributed by atoms with E-state index in [1.54, 1.807) is 0 Å². The van der Waals surface area contributed by atoms with Gasteiger partial charge in [0.05, 0.1) is 6.10 Å². The number of hydrogen-bond acceptors (Lipinski definition) is 2. The second-order valence-corrected chi connectivity index (χ2v) is 16.3. The highest BCUT2D eigenvalue weighted by atomic mass is 28.4. The lowest BCUT2D eigenvalue weighted by Crippen LogP contribution is -2.40. The third kappa shape index (κ3) is 4.59. The molecule has 0 aromatic carbocycles. The van der Waals surface area contributed by atoms with E-state index in [1.807, 2.05) is 0 Å². The van der Waals surface area contributed by atoms with E-state index in [9.17, 15) is 0 Å². The van der Waals surface area contributed by atoms with Gasteiger partial charge in [-0.3, -0.25) is 0 Å². The Balaban J connectivity index is 2.84. The van der Waals surface area contributed by atoms with Crippen molar-refractivity contribution >= 4 is 16.4 Å². The van der Waals surface area contributed by atoms with E-state index in [-0.39, 0.29) is 17.8 Å². The Hall–Kier alpha value is -0.0862. The van der Waals surface area contributed by atoms with Crippen molar-refractivity contribution in [2.75, 3.05) is 0 Å². The van der Waals surface area contributed by atoms with E-state index in [2.05, 4.69) is 64.6 Å². The molecule has 0 bridgehead atoms. The van der Waals surface area contributed by atoms with Gasteiger partial charge in [-0.2, -0.15) is 0 Å². The minimum Gasteiger partial charge on any atom is -0.401 e. The van der Waals surface area contributed by atoms with Crippen LogP contribution in [0.3, 0.4) is 0 Å². The first-order valence-electron chi connectivity index (χ1n) is 6.32. The largest absolute Gasteiger partial charge is 0.401 e. The van der Waals surface area contributed by atoms with Gasteiger partial charge >= 0.3 is 0 Å². The molecule has 0 N–H and O–H groups in total. The minimum atomic E-state index is -1.58. The molecule has 0 radical (unpaired) electrons. The molecule has 0 amide bonds. The molecule has 0 aromatic rings. The lowest BCUT2D eigenvalue weighted by molar-refractivity contribution is 0.145. The smallest absolute Gasteiger partial charge is 0.185 e. The first kappa shape index (κ1) is 15.0. The van der Waals surface area contributed by atoms with Crippen LogP contribution in [0.25, 0.3) is 0 Å². The summed E-state index contributed by atoms with van der Waals surface area (Å²) < 4.78 is 11.9. The van der Waals surface area contributed by atoms with Gasteiger partial charge in [0.25, 0.3) is 0 Å². The molecule has 4 heteroatoms. The van der Waals surface area contributed by atoms with Gasteiger partial charge in [0, 0.05) is 0 Å². The second kappa shape index (κ2) is 4.54. The van der Waals surface area contributed by atoms with E-state index in [0.717, 1.165) is 0 Å². The van der Waals surface area contributed by atoms with Crippen molar-refractivity contribution in [1.82, 2.24) is 0 Å². The molecule has 0 aromatic heterocycles. The molecular weight excluding hydrogens is 244 g/mol. The van der Waals surface area contributed by atoms with Crippen molar-refractivity contribution in [3.8, 4) is 11.5 Å². The number of epoxide rings is 1. The van der Waals surface area contributed by atoms with Crippen molar-refractivity contribution in [1.29, 1.82) is 0 Å². The summed E-state index contributed by atoms with van der Waals surface area (Å²) in [5.74, 6) is 3.35. The summed E-state index contributed by atoms with van der Waals surface area (Å²) in [5, 5.41) is 0. The fourth-order valence-electron chi connectivity index (χ4n) is 1.55. The van der Waals surface area contributed by atoms with Gasteiger partial charge in [-0.25, -0.2) is 0 Å². The Morgan fingerprint density at radius 1 is 1.18 bits per heavy atom. The summed E-state index contributed by atoms with van der Waals surface area (Å²) in [6.45, 7) is 17.6. The molecule has 0 aliphatic carbocycles. The number of ether oxygens (including phenoxy) is 1. The molecule has 1 aliphatic rings. The van der Waals surface area contributed by atoms with Crippen LogP contribution in [0.15, 0.2) is 0 Å². The van der Waals surface area contributed by atoms with Crippen molar-refractivity contribution in [2.24, 2.45) is 0 Å². The summed E-state index contributed by atoms with van der Waals surface area (Å²) in [7, 11) is -2.93. The molecule has 3 atom stereocenters. The Morgan fingerprint density at radius 3 is 1.94 bits per heavy atom. The van der Waals surface area contributed by atoms with Crippen LogP contribution in [0, 0.1) is 11.5 Å². The van der Waals surface area contributed by atoms with Gasteiger partial charge in [-0.05, 0) is 33.5 Å². The maximum Gasteiger partial charge on any atom is 0.185 e. The fraction of sp³-hybridized carbons (Fsp3) is 0.846. The molecule has 98 valence electrons. The first-order chi connectivity index (χ1) is 7.44. The molecule has 1 fully saturated rings. The van der Waals surface area contributed by atoms with Crippen molar-refractivity contribution in [3.05, 3.63) is 0 Å². The number of hydrogen-bond donors (Lipinski definition) is 0. The summed E-state index contributed by atoms with van der Waals surface area (Å²) in [6, 6.07) is 0. The average molecular weight is 271 g/mol. The molecule has 0 saturated carbocycles. The van der Waals surface area contributed by atoms with Crippen LogP contribution in [0.2, 0.25) is 39.3 Å². The molecule has 0 spiro atoms. The maximum atomic E-state index is 6.19. The predicted molar refractivity (Wildman–Crippen MR) is 78.3 cm³/mol. The molecule has 17 heavy (non-hydrogen) atoms. The third-order valence-corrected chi connectivity index (χ3v) is 4.59. The van der Waals surface area contributed by atoms with E-state index in [1.165, 1.54) is 0 Å². The topological polar surface area (TPSA) is 21.8 Å². The molecule has 1 unspecified atom stereocenters. The van der Waals surface area contributed by atoms with Gasteiger partial charge < -0.3 is 9.16 Å². The van der Waals surface area contributed by atoms with Gasteiger partial charge in [-0.15, -0.1) is 5.54 Å². The zero-order chi connectivity index (χ0) is 13.5. The van der Waals surface area contributed by atoms with Crippen molar-refractivity contribution in [3.63, 3.8) is 0 Å². The van der Waals surface area contributed by atoms with Gasteiger partial charge in [-0.1, -0.05) is 25.6 Å². The van der Waals surface area contributed by atoms with E-state index < -0.39 is 16.4 Å². The first-order valence-corrected chi connectivity index (χ1v) is 13.2. The summed E-state index contributed by atoms with van der Waals surface area (Å²) >= 11 is 0. The third-order valence-electron chi connectivity index (χ3n) is 2.75. The summed E-state index contributed by atoms with van der Waals surface area (Å²) in [5.41, 5.74) is 3.23. The Bertz CT molecular complexity index is 343. The van der Waals surface area contributed by atoms with Crippen LogP contribution in [0.4, 0.5) is 0 Å². The van der Waals surface area contributed by atoms with Crippen molar-refractivity contribution < 1.29 is 9.16 Å². The highest BCUT2D eigenvalue weighted by Crippen LogP contribution is 2.41. The Labute approximate surface area is 108 Å². The quantitative estimate of drug-likeness (QED) is 0.446. The zero-order valence-corrected chi connectivity index (χ0v) is 14.5. The Morgan fingerprint density at radius 2 is 1.65 bits per heavy atom. The minimum absolute atomic E-state index is 0.0594. The maximum absolute atomic E-state index is 6.19. The lowest BCUT2D eigenvalue weighted by Gasteiger charge is -2.26. The molecule has 1 rings (SSSR count). The van der Waals surface area contributed by atoms with Crippen molar-refractivity contribution in [2.45, 2.75) is 70.9 Å². The van der Waals surface area contributed by atoms with Gasteiger partial charge in [0.1, 0.15) is 19.8 Å². The van der Waals surface area contributed by atoms with E-state index in [0.29, 0.717) is 0 Å². The number of rotatable bonds is 3. The van der Waals surface area contributed by atoms with Crippen LogP contribution >= 0.6 is 0 Å². The zero-order valence-electron chi connectivity index (χ0n) is 12.5. The van der Waals surface area contributed by atoms with Crippen LogP contribution in [-0.4, -0.2) is 34.2 Å². The average Bonchev–Trinajstić information content (AvgIpc) is 2.66. The lowest BCUT2D eigenvalue weighted by atomic mass is 10.0. The molecule has 2 nitrogen and oxygen atoms in total. The monoisotopic (exact) mass is 270 g/mol. The fourth-order valence-corrected chi connectivity index (χ4v) is 3.11. The standard InChI is InChI=1S/C13H26O2Si2/c1-11-13(2,14-11)12(15-17(6,7)8)9-10-16(3,4)5/h11-12H,1-8H3/t11-,12?,13+/m1/s1. The van der Waals surface area contributed by atoms with Crippen LogP contribution in [0.5, 0.6) is 0 Å². The molecule has 1 saturated heterocycles. The predicted octanol–water partition coefficient (Wildman–Crippen LogP) is 3.26. The molecule has 1 aliphatic heterocycles. The van der Waals surface area contributed by atoms with Gasteiger partial charge in [0.2, 0.25) is 0 Å². The van der Waals surface area contributed by atoms with E-state index in [4.69, 9.17) is 9.16 Å².